The molecule has 6 nitrogen and oxygen atoms in total. The van der Waals surface area contributed by atoms with Gasteiger partial charge in [0.15, 0.2) is 0 Å². The molecule has 30 heavy (non-hydrogen) atoms. The molecule has 0 aliphatic carbocycles. The molecule has 0 bridgehead atoms. The number of morpholine rings is 1. The van der Waals surface area contributed by atoms with E-state index in [9.17, 15) is 9.18 Å². The Kier molecular flexibility index (Phi) is 4.88. The van der Waals surface area contributed by atoms with Crippen molar-refractivity contribution in [3.8, 4) is 0 Å². The first-order chi connectivity index (χ1) is 14.7. The van der Waals surface area contributed by atoms with E-state index in [0.29, 0.717) is 19.6 Å². The summed E-state index contributed by atoms with van der Waals surface area (Å²) >= 11 is 0. The van der Waals surface area contributed by atoms with E-state index in [2.05, 4.69) is 16.1 Å². The second-order valence-electron chi connectivity index (χ2n) is 7.45. The molecule has 7 heteroatoms. The molecule has 3 aromatic rings. The van der Waals surface area contributed by atoms with Crippen LogP contribution in [0.25, 0.3) is 10.9 Å². The number of hydrogen-bond acceptors (Lipinski definition) is 5. The fraction of sp³-hybridized carbons (Fsp3) is 0.261. The van der Waals surface area contributed by atoms with Crippen LogP contribution in [-0.2, 0) is 9.53 Å². The van der Waals surface area contributed by atoms with Gasteiger partial charge >= 0.3 is 0 Å². The van der Waals surface area contributed by atoms with Crippen LogP contribution in [0.15, 0.2) is 59.7 Å². The molecule has 0 spiro atoms. The summed E-state index contributed by atoms with van der Waals surface area (Å²) < 4.78 is 18.8. The fourth-order valence-electron chi connectivity index (χ4n) is 4.09. The third-order valence-corrected chi connectivity index (χ3v) is 5.63. The van der Waals surface area contributed by atoms with Crippen molar-refractivity contribution < 1.29 is 13.9 Å². The Morgan fingerprint density at radius 2 is 1.83 bits per heavy atom. The number of halogens is 1. The first-order valence-corrected chi connectivity index (χ1v) is 10.0. The summed E-state index contributed by atoms with van der Waals surface area (Å²) in [5, 5.41) is 6.99. The molecule has 2 aliphatic heterocycles. The summed E-state index contributed by atoms with van der Waals surface area (Å²) in [5.74, 6) is 0.568. The number of carbonyl (C=O) groups is 1. The number of fused-ring (bicyclic) bond motifs is 1. The maximum absolute atomic E-state index is 13.3. The van der Waals surface area contributed by atoms with Crippen molar-refractivity contribution in [3.63, 3.8) is 0 Å². The Balaban J connectivity index is 1.57. The first kappa shape index (κ1) is 18.7. The van der Waals surface area contributed by atoms with Crippen molar-refractivity contribution in [2.45, 2.75) is 12.5 Å². The lowest BCUT2D eigenvalue weighted by Crippen LogP contribution is -2.38. The van der Waals surface area contributed by atoms with Gasteiger partial charge in [-0.1, -0.05) is 30.3 Å². The topological polar surface area (TPSA) is 58.0 Å². The average molecular weight is 404 g/mol. The van der Waals surface area contributed by atoms with E-state index < -0.39 is 0 Å². The SMILES string of the molecule is O=CN1N=C(c2ccc(F)cc2)CC1c1cc2ccccc2nc1N1CCOCC1. The number of rotatable bonds is 4. The highest BCUT2D eigenvalue weighted by atomic mass is 19.1. The number of hydrazone groups is 1. The maximum Gasteiger partial charge on any atom is 0.230 e. The lowest BCUT2D eigenvalue weighted by Gasteiger charge is -2.31. The Hall–Kier alpha value is -3.32. The van der Waals surface area contributed by atoms with Gasteiger partial charge in [-0.15, -0.1) is 0 Å². The van der Waals surface area contributed by atoms with Gasteiger partial charge < -0.3 is 9.64 Å². The van der Waals surface area contributed by atoms with Crippen LogP contribution in [0.3, 0.4) is 0 Å². The average Bonchev–Trinajstić information content (AvgIpc) is 3.23. The van der Waals surface area contributed by atoms with Gasteiger partial charge in [0.2, 0.25) is 6.41 Å². The summed E-state index contributed by atoms with van der Waals surface area (Å²) in [5.41, 5.74) is 3.45. The van der Waals surface area contributed by atoms with Gasteiger partial charge in [-0.05, 0) is 29.8 Å². The number of benzene rings is 2. The Morgan fingerprint density at radius 3 is 2.60 bits per heavy atom. The van der Waals surface area contributed by atoms with E-state index in [4.69, 9.17) is 9.72 Å². The number of nitrogens with zero attached hydrogens (tertiary/aromatic N) is 4. The van der Waals surface area contributed by atoms with Crippen LogP contribution in [-0.4, -0.2) is 48.4 Å². The van der Waals surface area contributed by atoms with Crippen LogP contribution in [0.1, 0.15) is 23.6 Å². The van der Waals surface area contributed by atoms with Gasteiger partial charge in [0.05, 0.1) is 30.5 Å². The number of para-hydroxylation sites is 1. The van der Waals surface area contributed by atoms with Gasteiger partial charge in [-0.2, -0.15) is 5.10 Å². The third kappa shape index (κ3) is 3.41. The minimum Gasteiger partial charge on any atom is -0.378 e. The molecule has 2 aliphatic rings. The standard InChI is InChI=1S/C23H21FN4O2/c24-18-7-5-16(6-8-18)21-14-22(28(15-29)26-21)19-13-17-3-1-2-4-20(17)25-23(19)27-9-11-30-12-10-27/h1-8,13,15,22H,9-12,14H2. The second-order valence-corrected chi connectivity index (χ2v) is 7.45. The Bertz CT molecular complexity index is 1110. The van der Waals surface area contributed by atoms with Crippen molar-refractivity contribution in [2.75, 3.05) is 31.2 Å². The normalized spacial score (nSPS) is 19.2. The highest BCUT2D eigenvalue weighted by molar-refractivity contribution is 6.02. The van der Waals surface area contributed by atoms with Crippen LogP contribution in [0, 0.1) is 5.82 Å². The summed E-state index contributed by atoms with van der Waals surface area (Å²) in [6.07, 6.45) is 1.29. The van der Waals surface area contributed by atoms with Crippen molar-refractivity contribution in [3.05, 3.63) is 71.5 Å². The highest BCUT2D eigenvalue weighted by Crippen LogP contribution is 2.38. The lowest BCUT2D eigenvalue weighted by molar-refractivity contribution is -0.119. The Labute approximate surface area is 173 Å². The predicted molar refractivity (Wildman–Crippen MR) is 113 cm³/mol. The van der Waals surface area contributed by atoms with Gasteiger partial charge in [0, 0.05) is 30.5 Å². The van der Waals surface area contributed by atoms with E-state index in [1.54, 1.807) is 12.1 Å². The molecule has 0 radical (unpaired) electrons. The van der Waals surface area contributed by atoms with Crippen LogP contribution in [0.2, 0.25) is 0 Å². The molecule has 5 rings (SSSR count). The van der Waals surface area contributed by atoms with E-state index in [-0.39, 0.29) is 11.9 Å². The van der Waals surface area contributed by atoms with Crippen LogP contribution >= 0.6 is 0 Å². The summed E-state index contributed by atoms with van der Waals surface area (Å²) in [4.78, 5) is 19.0. The largest absolute Gasteiger partial charge is 0.378 e. The molecular formula is C23H21FN4O2. The number of aromatic nitrogens is 1. The zero-order valence-corrected chi connectivity index (χ0v) is 16.4. The van der Waals surface area contributed by atoms with Crippen molar-refractivity contribution in [1.29, 1.82) is 0 Å². The number of carbonyl (C=O) groups excluding carboxylic acids is 1. The van der Waals surface area contributed by atoms with E-state index in [1.807, 2.05) is 24.3 Å². The smallest absolute Gasteiger partial charge is 0.230 e. The number of ether oxygens (including phenoxy) is 1. The molecule has 1 atom stereocenters. The zero-order chi connectivity index (χ0) is 20.5. The monoisotopic (exact) mass is 404 g/mol. The van der Waals surface area contributed by atoms with E-state index in [0.717, 1.165) is 53.1 Å². The van der Waals surface area contributed by atoms with E-state index in [1.165, 1.54) is 17.1 Å². The summed E-state index contributed by atoms with van der Waals surface area (Å²) in [7, 11) is 0. The second kappa shape index (κ2) is 7.84. The molecule has 1 saturated heterocycles. The molecule has 0 saturated carbocycles. The van der Waals surface area contributed by atoms with Crippen LogP contribution < -0.4 is 4.90 Å². The van der Waals surface area contributed by atoms with Crippen molar-refractivity contribution in [1.82, 2.24) is 9.99 Å². The van der Waals surface area contributed by atoms with Gasteiger partial charge in [-0.25, -0.2) is 14.4 Å². The minimum atomic E-state index is -0.297. The van der Waals surface area contributed by atoms with Crippen molar-refractivity contribution >= 4 is 28.8 Å². The highest BCUT2D eigenvalue weighted by Gasteiger charge is 2.32. The lowest BCUT2D eigenvalue weighted by atomic mass is 9.97. The summed E-state index contributed by atoms with van der Waals surface area (Å²) in [6.45, 7) is 2.79. The van der Waals surface area contributed by atoms with Gasteiger partial charge in [0.25, 0.3) is 0 Å². The Morgan fingerprint density at radius 1 is 1.07 bits per heavy atom. The molecule has 1 fully saturated rings. The molecule has 1 amide bonds. The number of amides is 1. The number of anilines is 1. The van der Waals surface area contributed by atoms with Gasteiger partial charge in [0.1, 0.15) is 11.6 Å². The van der Waals surface area contributed by atoms with Crippen LogP contribution in [0.5, 0.6) is 0 Å². The minimum absolute atomic E-state index is 0.266. The number of hydrogen-bond donors (Lipinski definition) is 0. The first-order valence-electron chi connectivity index (χ1n) is 10.0. The number of pyridine rings is 1. The fourth-order valence-corrected chi connectivity index (χ4v) is 4.09. The molecular weight excluding hydrogens is 383 g/mol. The predicted octanol–water partition coefficient (Wildman–Crippen LogP) is 3.52. The molecule has 2 aromatic carbocycles. The quantitative estimate of drug-likeness (QED) is 0.625. The summed E-state index contributed by atoms with van der Waals surface area (Å²) in [6, 6.07) is 16.0. The van der Waals surface area contributed by atoms with Crippen molar-refractivity contribution in [2.24, 2.45) is 5.10 Å². The molecule has 3 heterocycles. The third-order valence-electron chi connectivity index (χ3n) is 5.63. The van der Waals surface area contributed by atoms with Crippen LogP contribution in [0.4, 0.5) is 10.2 Å². The zero-order valence-electron chi connectivity index (χ0n) is 16.4. The maximum atomic E-state index is 13.3. The molecule has 152 valence electrons. The molecule has 1 aromatic heterocycles. The molecule has 0 N–H and O–H groups in total. The molecule has 1 unspecified atom stereocenters. The van der Waals surface area contributed by atoms with E-state index >= 15 is 0 Å². The van der Waals surface area contributed by atoms with Gasteiger partial charge in [-0.3, -0.25) is 4.79 Å².